The summed E-state index contributed by atoms with van der Waals surface area (Å²) in [6.07, 6.45) is 2.32. The number of ether oxygens (including phenoxy) is 1. The number of hydrogen-bond donors (Lipinski definition) is 2. The highest BCUT2D eigenvalue weighted by Crippen LogP contribution is 2.27. The van der Waals surface area contributed by atoms with Crippen molar-refractivity contribution in [3.8, 4) is 0 Å². The molecule has 3 aromatic rings. The molecule has 2 aromatic heterocycles. The molecule has 1 aliphatic heterocycles. The molecule has 0 radical (unpaired) electrons. The fourth-order valence-electron chi connectivity index (χ4n) is 3.16. The smallest absolute Gasteiger partial charge is 0.337 e. The zero-order valence-electron chi connectivity index (χ0n) is 14.3. The van der Waals surface area contributed by atoms with E-state index in [9.17, 15) is 19.8 Å². The molecule has 140 valence electrons. The van der Waals surface area contributed by atoms with Gasteiger partial charge in [0.25, 0.3) is 5.56 Å². The number of aliphatic hydroxyl groups excluding tert-OH is 2. The van der Waals surface area contributed by atoms with Crippen LogP contribution in [0.1, 0.15) is 18.2 Å². The summed E-state index contributed by atoms with van der Waals surface area (Å²) < 4.78 is 8.94. The van der Waals surface area contributed by atoms with Gasteiger partial charge in [0.2, 0.25) is 0 Å². The highest BCUT2D eigenvalue weighted by molar-refractivity contribution is 7.17. The maximum atomic E-state index is 12.7. The fourth-order valence-corrected chi connectivity index (χ4v) is 3.93. The third-order valence-corrected chi connectivity index (χ3v) is 5.53. The Labute approximate surface area is 158 Å². The average Bonchev–Trinajstić information content (AvgIpc) is 3.27. The number of aromatic nitrogens is 2. The highest BCUT2D eigenvalue weighted by atomic mass is 32.1. The van der Waals surface area contributed by atoms with E-state index in [-0.39, 0.29) is 13.0 Å². The summed E-state index contributed by atoms with van der Waals surface area (Å²) in [5, 5.41) is 22.2. The van der Waals surface area contributed by atoms with Gasteiger partial charge in [-0.2, -0.15) is 0 Å². The number of nitrogens with zero attached hydrogens (tertiary/aromatic N) is 2. The molecule has 27 heavy (non-hydrogen) atoms. The number of aliphatic hydroxyl groups is 2. The summed E-state index contributed by atoms with van der Waals surface area (Å²) in [6.45, 7) is -0.336. The number of fused-ring (bicyclic) bond motifs is 1. The number of benzene rings is 1. The normalized spacial score (nSPS) is 22.8. The van der Waals surface area contributed by atoms with Gasteiger partial charge < -0.3 is 14.9 Å². The molecule has 1 aliphatic rings. The van der Waals surface area contributed by atoms with Crippen molar-refractivity contribution < 1.29 is 14.9 Å². The fraction of sp³-hybridized carbons (Fsp3) is 0.263. The van der Waals surface area contributed by atoms with Gasteiger partial charge in [-0.15, -0.1) is 11.3 Å². The molecule has 0 saturated carbocycles. The van der Waals surface area contributed by atoms with Gasteiger partial charge in [0.15, 0.2) is 0 Å². The summed E-state index contributed by atoms with van der Waals surface area (Å²) >= 11 is 1.65. The summed E-state index contributed by atoms with van der Waals surface area (Å²) in [7, 11) is 0. The van der Waals surface area contributed by atoms with Crippen LogP contribution in [-0.2, 0) is 4.74 Å². The molecule has 0 unspecified atom stereocenters. The van der Waals surface area contributed by atoms with Crippen LogP contribution in [-0.4, -0.2) is 38.2 Å². The van der Waals surface area contributed by atoms with Crippen LogP contribution in [0.25, 0.3) is 22.4 Å². The van der Waals surface area contributed by atoms with Crippen molar-refractivity contribution in [2.24, 2.45) is 0 Å². The summed E-state index contributed by atoms with van der Waals surface area (Å²) in [4.78, 5) is 24.9. The average molecular weight is 386 g/mol. The van der Waals surface area contributed by atoms with Crippen LogP contribution in [0.3, 0.4) is 0 Å². The Balaban J connectivity index is 1.66. The highest BCUT2D eigenvalue weighted by Gasteiger charge is 2.35. The zero-order valence-corrected chi connectivity index (χ0v) is 15.1. The first-order valence-electron chi connectivity index (χ1n) is 8.50. The Morgan fingerprint density at radius 2 is 2.11 bits per heavy atom. The van der Waals surface area contributed by atoms with E-state index in [1.54, 1.807) is 17.4 Å². The van der Waals surface area contributed by atoms with Gasteiger partial charge >= 0.3 is 5.69 Å². The van der Waals surface area contributed by atoms with E-state index in [1.165, 1.54) is 27.7 Å². The van der Waals surface area contributed by atoms with Crippen molar-refractivity contribution in [3.63, 3.8) is 0 Å². The maximum absolute atomic E-state index is 12.7. The second-order valence-electron chi connectivity index (χ2n) is 6.36. The van der Waals surface area contributed by atoms with E-state index in [2.05, 4.69) is 0 Å². The maximum Gasteiger partial charge on any atom is 0.337 e. The lowest BCUT2D eigenvalue weighted by Crippen LogP contribution is -2.38. The molecular formula is C19H18N2O5S. The largest absolute Gasteiger partial charge is 0.394 e. The minimum Gasteiger partial charge on any atom is -0.394 e. The van der Waals surface area contributed by atoms with Gasteiger partial charge in [0, 0.05) is 29.6 Å². The molecule has 0 bridgehead atoms. The second kappa shape index (κ2) is 7.24. The standard InChI is InChI=1S/C19H18N2O5S/c22-11-15-14(23)10-18(26-15)21-7-4-17(24)20(19(21)25)6-3-12-1-2-16-13(9-12)5-8-27-16/h1-9,14-15,18,22-23H,10-11H2/b6-3+/t14-,15+,18+/m0/s1. The molecule has 3 heterocycles. The number of rotatable bonds is 4. The molecule has 0 spiro atoms. The van der Waals surface area contributed by atoms with E-state index in [0.717, 1.165) is 15.5 Å². The van der Waals surface area contributed by atoms with Gasteiger partial charge in [-0.05, 0) is 40.6 Å². The Hall–Kier alpha value is -2.52. The third-order valence-electron chi connectivity index (χ3n) is 4.63. The van der Waals surface area contributed by atoms with Gasteiger partial charge in [0.1, 0.15) is 12.3 Å². The monoisotopic (exact) mass is 386 g/mol. The first kappa shape index (κ1) is 17.9. The van der Waals surface area contributed by atoms with Crippen LogP contribution < -0.4 is 11.2 Å². The molecule has 8 heteroatoms. The quantitative estimate of drug-likeness (QED) is 0.709. The predicted octanol–water partition coefficient (Wildman–Crippen LogP) is 1.49. The molecule has 0 amide bonds. The van der Waals surface area contributed by atoms with Gasteiger partial charge in [-0.25, -0.2) is 9.36 Å². The van der Waals surface area contributed by atoms with Gasteiger partial charge in [-0.1, -0.05) is 6.07 Å². The minimum atomic E-state index is -0.861. The molecule has 2 N–H and O–H groups in total. The third kappa shape index (κ3) is 3.40. The Morgan fingerprint density at radius 1 is 1.26 bits per heavy atom. The van der Waals surface area contributed by atoms with E-state index < -0.39 is 29.7 Å². The second-order valence-corrected chi connectivity index (χ2v) is 7.31. The number of hydrogen-bond acceptors (Lipinski definition) is 6. The number of thiophene rings is 1. The first-order valence-corrected chi connectivity index (χ1v) is 9.38. The van der Waals surface area contributed by atoms with Crippen molar-refractivity contribution in [1.82, 2.24) is 9.13 Å². The van der Waals surface area contributed by atoms with Crippen LogP contribution in [0.4, 0.5) is 0 Å². The summed E-state index contributed by atoms with van der Waals surface area (Å²) in [5.41, 5.74) is -0.150. The lowest BCUT2D eigenvalue weighted by Gasteiger charge is -2.15. The Morgan fingerprint density at radius 3 is 2.89 bits per heavy atom. The molecular weight excluding hydrogens is 368 g/mol. The summed E-state index contributed by atoms with van der Waals surface area (Å²) in [5.74, 6) is 0. The van der Waals surface area contributed by atoms with Gasteiger partial charge in [0.05, 0.1) is 12.7 Å². The lowest BCUT2D eigenvalue weighted by molar-refractivity contribution is -0.0460. The van der Waals surface area contributed by atoms with E-state index in [1.807, 2.05) is 29.6 Å². The van der Waals surface area contributed by atoms with E-state index in [0.29, 0.717) is 0 Å². The van der Waals surface area contributed by atoms with Crippen molar-refractivity contribution in [3.05, 3.63) is 68.3 Å². The van der Waals surface area contributed by atoms with E-state index >= 15 is 0 Å². The molecule has 1 fully saturated rings. The molecule has 0 aliphatic carbocycles. The van der Waals surface area contributed by atoms with Crippen molar-refractivity contribution >= 4 is 33.7 Å². The Kier molecular flexibility index (Phi) is 4.79. The Bertz CT molecular complexity index is 1110. The molecule has 1 saturated heterocycles. The first-order chi connectivity index (χ1) is 13.1. The molecule has 3 atom stereocenters. The van der Waals surface area contributed by atoms with Crippen LogP contribution in [0.15, 0.2) is 51.5 Å². The lowest BCUT2D eigenvalue weighted by atomic mass is 10.2. The van der Waals surface area contributed by atoms with Crippen molar-refractivity contribution in [1.29, 1.82) is 0 Å². The SMILES string of the molecule is O=c1ccn([C@H]2C[C@H](O)[C@@H](CO)O2)c(=O)n1/C=C/c1ccc2sccc2c1. The van der Waals surface area contributed by atoms with Crippen LogP contribution in [0.2, 0.25) is 0 Å². The summed E-state index contributed by atoms with van der Waals surface area (Å²) in [6, 6.07) is 9.19. The van der Waals surface area contributed by atoms with Crippen molar-refractivity contribution in [2.75, 3.05) is 6.61 Å². The topological polar surface area (TPSA) is 93.7 Å². The van der Waals surface area contributed by atoms with Crippen LogP contribution in [0.5, 0.6) is 0 Å². The minimum absolute atomic E-state index is 0.169. The van der Waals surface area contributed by atoms with Crippen molar-refractivity contribution in [2.45, 2.75) is 24.9 Å². The van der Waals surface area contributed by atoms with Crippen LogP contribution >= 0.6 is 11.3 Å². The zero-order chi connectivity index (χ0) is 19.0. The molecule has 7 nitrogen and oxygen atoms in total. The van der Waals surface area contributed by atoms with E-state index in [4.69, 9.17) is 4.74 Å². The van der Waals surface area contributed by atoms with Gasteiger partial charge in [-0.3, -0.25) is 9.36 Å². The van der Waals surface area contributed by atoms with Crippen LogP contribution in [0, 0.1) is 0 Å². The molecule has 1 aromatic carbocycles. The molecule has 4 rings (SSSR count). The predicted molar refractivity (Wildman–Crippen MR) is 104 cm³/mol.